The number of aryl methyl sites for hydroxylation is 1. The van der Waals surface area contributed by atoms with E-state index in [1.165, 1.54) is 77.9 Å². The number of fused-ring (bicyclic) bond motifs is 2. The Hall–Kier alpha value is -15.7. The highest BCUT2D eigenvalue weighted by Gasteiger charge is 2.33. The summed E-state index contributed by atoms with van der Waals surface area (Å²) < 4.78 is 54.7. The summed E-state index contributed by atoms with van der Waals surface area (Å²) in [6.45, 7) is 5.03. The number of phenolic OH excluding ortho intramolecular Hbond substituents is 3. The van der Waals surface area contributed by atoms with E-state index in [9.17, 15) is 87.6 Å². The summed E-state index contributed by atoms with van der Waals surface area (Å²) in [6, 6.07) is 90.1. The van der Waals surface area contributed by atoms with Crippen molar-refractivity contribution in [1.82, 2.24) is 0 Å². The van der Waals surface area contributed by atoms with Crippen molar-refractivity contribution in [2.24, 2.45) is 0 Å². The average molecular weight is 1720 g/mol. The largest absolute Gasteiger partial charge is 0.508 e. The van der Waals surface area contributed by atoms with Crippen LogP contribution in [0.25, 0.3) is 56.3 Å². The fourth-order valence-corrected chi connectivity index (χ4v) is 13.3. The second-order valence-electron chi connectivity index (χ2n) is 28.8. The second kappa shape index (κ2) is 46.0. The number of ether oxygens (including phenoxy) is 1. The Labute approximate surface area is 730 Å². The van der Waals surface area contributed by atoms with Crippen molar-refractivity contribution in [2.45, 2.75) is 92.5 Å². The Bertz CT molecular complexity index is 6450. The number of aliphatic hydroxyl groups is 1. The van der Waals surface area contributed by atoms with E-state index in [4.69, 9.17) is 18.7 Å². The van der Waals surface area contributed by atoms with E-state index in [0.29, 0.717) is 40.8 Å². The SMILES string of the molecule is C.CCC(=O)Cc1ccc(/C=C/c2ccccc2)cc1C(=O)O.CCC(=O)Cc1ccc(OCc2ccccc2C(F)(F)F)cc1C(=O)O.Cc1cccc(Cc2ccccc2O)c1.O=C(O)c1cc(CO)ccc1Cc1ccccc1.O=c1oc2cccc(O)c2c(O)c1-c1ccc(-c2ccccc2)cc1.O=c1oc2cccc(O)c2c(O)c1Cc1ccccc1. The molecular weight excluding hydrogens is 1620 g/mol. The molecule has 0 saturated heterocycles. The van der Waals surface area contributed by atoms with E-state index in [-0.39, 0.29) is 142 Å². The van der Waals surface area contributed by atoms with Crippen LogP contribution >= 0.6 is 0 Å². The molecule has 15 aromatic rings. The minimum Gasteiger partial charge on any atom is -0.508 e. The fourth-order valence-electron chi connectivity index (χ4n) is 13.3. The first-order chi connectivity index (χ1) is 60.6. The first kappa shape index (κ1) is 95.2. The highest BCUT2D eigenvalue weighted by atomic mass is 19.4. The van der Waals surface area contributed by atoms with Crippen molar-refractivity contribution < 1.29 is 96.7 Å². The second-order valence-corrected chi connectivity index (χ2v) is 28.8. The Kier molecular flexibility index (Phi) is 34.5. The smallest absolute Gasteiger partial charge is 0.416 e. The number of alkyl halides is 3. The number of carboxylic acid groups (broad SMARTS) is 3. The summed E-state index contributed by atoms with van der Waals surface area (Å²) in [5, 5.41) is 87.3. The molecule has 0 fully saturated rings. The Morgan fingerprint density at radius 1 is 0.394 bits per heavy atom. The summed E-state index contributed by atoms with van der Waals surface area (Å²) in [5.74, 6) is -3.54. The summed E-state index contributed by atoms with van der Waals surface area (Å²) >= 11 is 0. The van der Waals surface area contributed by atoms with Gasteiger partial charge in [0.25, 0.3) is 0 Å². The Morgan fingerprint density at radius 3 is 1.40 bits per heavy atom. The third-order valence-corrected chi connectivity index (χ3v) is 19.9. The van der Waals surface area contributed by atoms with Crippen LogP contribution in [0.4, 0.5) is 13.2 Å². The highest BCUT2D eigenvalue weighted by molar-refractivity contribution is 5.96. The number of aliphatic hydroxyl groups excluding tert-OH is 1. The van der Waals surface area contributed by atoms with Gasteiger partial charge in [0.1, 0.15) is 80.2 Å². The number of carbonyl (C=O) groups excluding carboxylic acids is 2. The standard InChI is InChI=1S/C21H14O4.C19H17F3O4.C19H18O3.C16H12O4.C15H14O3.C14H14O.CH4/c22-16-7-4-8-17-19(16)20(23)18(21(24)25-17)15-11-9-14(10-12-15)13-5-2-1-3-6-13;1-2-14(23)9-12-7-8-15(10-16(12)18(24)25)26-11-13-5-3-4-6-17(13)19(20,21)22;1-2-17(20)13-16-11-10-15(12-18(16)19(21)22)9-8-14-6-4-3-5-7-14;17-12-7-4-8-13-14(12)15(18)11(16(19)20-13)9-10-5-2-1-3-6-10;16-10-12-6-7-13(14(9-12)15(17)18)8-11-4-2-1-3-5-11;1-11-5-4-6-12(9-11)10-13-7-2-3-8-14(13)15;/h1-12,22-23H;3-8,10H,2,9,11H2,1H3,(H,24,25);3-12H,2,13H2,1H3,(H,21,22);1-8,17-18H,9H2;1-7,9,16H,8,10H2,(H,17,18);2-9,15H,10H2,1H3;1H4/b;;9-8+;;;;. The van der Waals surface area contributed by atoms with Crippen LogP contribution in [0.5, 0.6) is 34.5 Å². The van der Waals surface area contributed by atoms with Crippen LogP contribution in [0.2, 0.25) is 0 Å². The number of aromatic carboxylic acids is 3. The first-order valence-corrected chi connectivity index (χ1v) is 39.8. The normalized spacial score (nSPS) is 10.7. The van der Waals surface area contributed by atoms with Gasteiger partial charge < -0.3 is 59.5 Å². The van der Waals surface area contributed by atoms with Gasteiger partial charge in [-0.25, -0.2) is 24.0 Å². The van der Waals surface area contributed by atoms with Gasteiger partial charge in [-0.3, -0.25) is 9.59 Å². The lowest BCUT2D eigenvalue weighted by Crippen LogP contribution is -2.11. The number of Topliss-reactive ketones (excluding diaryl/α,β-unsaturated/α-hetero) is 2. The van der Waals surface area contributed by atoms with Crippen LogP contribution in [0.15, 0.2) is 328 Å². The lowest BCUT2D eigenvalue weighted by molar-refractivity contribution is -0.138. The molecule has 22 heteroatoms. The number of hydrogen-bond acceptors (Lipinski definition) is 16. The molecule has 13 aromatic carbocycles. The van der Waals surface area contributed by atoms with Crippen LogP contribution in [0.3, 0.4) is 0 Å². The number of hydrogen-bond donors (Lipinski definition) is 9. The van der Waals surface area contributed by atoms with E-state index in [1.54, 1.807) is 68.4 Å². The van der Waals surface area contributed by atoms with Gasteiger partial charge >= 0.3 is 35.3 Å². The molecule has 0 aliphatic carbocycles. The van der Waals surface area contributed by atoms with Gasteiger partial charge in [-0.05, 0) is 146 Å². The third-order valence-electron chi connectivity index (χ3n) is 19.9. The molecule has 0 spiro atoms. The number of phenols is 3. The molecule has 0 amide bonds. The molecule has 0 saturated carbocycles. The highest BCUT2D eigenvalue weighted by Crippen LogP contribution is 2.40. The van der Waals surface area contributed by atoms with E-state index >= 15 is 0 Å². The minimum atomic E-state index is -4.50. The summed E-state index contributed by atoms with van der Waals surface area (Å²) in [5.41, 5.74) is 10.8. The molecule has 0 radical (unpaired) electrons. The zero-order chi connectivity index (χ0) is 90.4. The van der Waals surface area contributed by atoms with E-state index in [0.717, 1.165) is 57.0 Å². The monoisotopic (exact) mass is 1710 g/mol. The molecule has 127 heavy (non-hydrogen) atoms. The van der Waals surface area contributed by atoms with Gasteiger partial charge in [-0.1, -0.05) is 288 Å². The number of benzene rings is 13. The maximum atomic E-state index is 13.0. The average Bonchev–Trinajstić information content (AvgIpc) is 0.768. The molecule has 0 bridgehead atoms. The maximum Gasteiger partial charge on any atom is 0.416 e. The van der Waals surface area contributed by atoms with Gasteiger partial charge in [0, 0.05) is 44.1 Å². The number of halogens is 3. The van der Waals surface area contributed by atoms with Gasteiger partial charge in [-0.15, -0.1) is 0 Å². The van der Waals surface area contributed by atoms with Crippen LogP contribution in [-0.4, -0.2) is 75.4 Å². The molecule has 19 nitrogen and oxygen atoms in total. The van der Waals surface area contributed by atoms with Crippen LogP contribution in [0, 0.1) is 6.92 Å². The van der Waals surface area contributed by atoms with Crippen molar-refractivity contribution in [2.75, 3.05) is 0 Å². The summed E-state index contributed by atoms with van der Waals surface area (Å²) in [4.78, 5) is 81.3. The number of carboxylic acids is 3. The number of para-hydroxylation sites is 1. The molecule has 0 unspecified atom stereocenters. The lowest BCUT2D eigenvalue weighted by Gasteiger charge is -2.14. The summed E-state index contributed by atoms with van der Waals surface area (Å²) in [7, 11) is 0. The van der Waals surface area contributed by atoms with E-state index in [1.807, 2.05) is 176 Å². The van der Waals surface area contributed by atoms with Crippen molar-refractivity contribution in [3.05, 3.63) is 425 Å². The van der Waals surface area contributed by atoms with Gasteiger partial charge in [0.05, 0.1) is 34.4 Å². The van der Waals surface area contributed by atoms with E-state index < -0.39 is 40.9 Å². The number of rotatable bonds is 23. The van der Waals surface area contributed by atoms with Crippen molar-refractivity contribution in [3.63, 3.8) is 0 Å². The molecule has 648 valence electrons. The van der Waals surface area contributed by atoms with E-state index in [2.05, 4.69) is 25.1 Å². The molecule has 0 aliphatic rings. The first-order valence-electron chi connectivity index (χ1n) is 39.8. The Balaban J connectivity index is 0.000000173. The minimum absolute atomic E-state index is 0. The Morgan fingerprint density at radius 2 is 0.843 bits per heavy atom. The molecule has 15 rings (SSSR count). The predicted molar refractivity (Wildman–Crippen MR) is 485 cm³/mol. The van der Waals surface area contributed by atoms with Crippen LogP contribution < -0.4 is 16.0 Å². The zero-order valence-corrected chi connectivity index (χ0v) is 68.7. The van der Waals surface area contributed by atoms with Crippen LogP contribution in [-0.2, 0) is 61.1 Å². The number of carbonyl (C=O) groups is 5. The number of ketones is 2. The van der Waals surface area contributed by atoms with Gasteiger partial charge in [0.15, 0.2) is 0 Å². The molecule has 9 N–H and O–H groups in total. The van der Waals surface area contributed by atoms with Crippen molar-refractivity contribution in [1.29, 1.82) is 0 Å². The summed E-state index contributed by atoms with van der Waals surface area (Å²) in [6.07, 6.45) is 1.75. The number of aromatic hydroxyl groups is 5. The topological polar surface area (TPSA) is 337 Å². The lowest BCUT2D eigenvalue weighted by atomic mass is 9.98. The molecule has 2 heterocycles. The molecular formula is C105H93F3O19. The predicted octanol–water partition coefficient (Wildman–Crippen LogP) is 22.3. The third kappa shape index (κ3) is 26.9. The van der Waals surface area contributed by atoms with Crippen molar-refractivity contribution >= 4 is 63.6 Å². The van der Waals surface area contributed by atoms with Crippen molar-refractivity contribution in [3.8, 4) is 56.8 Å². The molecule has 2 aromatic heterocycles. The fraction of sp³-hybridized carbons (Fsp3) is 0.133. The maximum absolute atomic E-state index is 13.0. The van der Waals surface area contributed by atoms with Gasteiger partial charge in [-0.2, -0.15) is 13.2 Å². The zero-order valence-electron chi connectivity index (χ0n) is 68.7. The van der Waals surface area contributed by atoms with Crippen LogP contribution in [0.1, 0.15) is 143 Å². The molecule has 0 aliphatic heterocycles. The molecule has 0 atom stereocenters. The van der Waals surface area contributed by atoms with Gasteiger partial charge in [0.2, 0.25) is 0 Å². The quantitative estimate of drug-likeness (QED) is 0.0212.